The fourth-order valence-corrected chi connectivity index (χ4v) is 7.00. The second-order valence-electron chi connectivity index (χ2n) is 10.5. The lowest BCUT2D eigenvalue weighted by Crippen LogP contribution is -2.35. The molecule has 2 fully saturated rings. The number of hydrogen-bond donors (Lipinski definition) is 1. The van der Waals surface area contributed by atoms with Crippen LogP contribution >= 0.6 is 0 Å². The van der Waals surface area contributed by atoms with E-state index in [9.17, 15) is 13.2 Å². The van der Waals surface area contributed by atoms with Gasteiger partial charge >= 0.3 is 0 Å². The smallest absolute Gasteiger partial charge is 0.255 e. The predicted octanol–water partition coefficient (Wildman–Crippen LogP) is 5.57. The van der Waals surface area contributed by atoms with Crippen molar-refractivity contribution in [2.75, 3.05) is 31.5 Å². The second-order valence-corrected chi connectivity index (χ2v) is 12.5. The lowest BCUT2D eigenvalue weighted by atomic mass is 9.90. The zero-order valence-electron chi connectivity index (χ0n) is 21.9. The third-order valence-corrected chi connectivity index (χ3v) is 9.67. The van der Waals surface area contributed by atoms with Crippen molar-refractivity contribution < 1.29 is 13.2 Å². The van der Waals surface area contributed by atoms with Gasteiger partial charge in [-0.2, -0.15) is 4.31 Å². The number of hydrogen-bond acceptors (Lipinski definition) is 4. The number of anilines is 1. The van der Waals surface area contributed by atoms with Crippen LogP contribution in [0.5, 0.6) is 0 Å². The topological polar surface area (TPSA) is 69.7 Å². The van der Waals surface area contributed by atoms with Gasteiger partial charge in [0.15, 0.2) is 0 Å². The van der Waals surface area contributed by atoms with Crippen molar-refractivity contribution in [3.8, 4) is 0 Å². The van der Waals surface area contributed by atoms with Gasteiger partial charge < -0.3 is 5.32 Å². The first-order valence-corrected chi connectivity index (χ1v) is 15.2. The van der Waals surface area contributed by atoms with E-state index in [1.165, 1.54) is 24.0 Å². The maximum Gasteiger partial charge on any atom is 0.255 e. The molecule has 0 radical (unpaired) electrons. The maximum absolute atomic E-state index is 12.8. The highest BCUT2D eigenvalue weighted by Crippen LogP contribution is 2.24. The van der Waals surface area contributed by atoms with Crippen molar-refractivity contribution in [1.29, 1.82) is 0 Å². The summed E-state index contributed by atoms with van der Waals surface area (Å²) in [7, 11) is -3.48. The highest BCUT2D eigenvalue weighted by Gasteiger charge is 2.26. The van der Waals surface area contributed by atoms with Crippen LogP contribution in [0.1, 0.15) is 53.6 Å². The van der Waals surface area contributed by atoms with Gasteiger partial charge in [0, 0.05) is 30.9 Å². The Morgan fingerprint density at radius 2 is 1.42 bits per heavy atom. The van der Waals surface area contributed by atoms with Gasteiger partial charge in [-0.1, -0.05) is 48.9 Å². The van der Waals surface area contributed by atoms with Crippen LogP contribution in [0.2, 0.25) is 0 Å². The molecule has 0 saturated carbocycles. The number of rotatable bonds is 8. The van der Waals surface area contributed by atoms with Gasteiger partial charge in [0.25, 0.3) is 5.91 Å². The fourth-order valence-electron chi connectivity index (χ4n) is 5.48. The molecule has 38 heavy (non-hydrogen) atoms. The van der Waals surface area contributed by atoms with Gasteiger partial charge in [-0.15, -0.1) is 0 Å². The standard InChI is InChI=1S/C31H37N3O3S/c35-31(32-29-13-15-30(16-14-29)38(36,37)34-19-5-2-6-20-34)28-11-9-27(10-12-28)24-33-21-17-26(18-22-33)23-25-7-3-1-4-8-25/h1,3-4,7-16,26H,2,5-6,17-24H2,(H,32,35). The highest BCUT2D eigenvalue weighted by atomic mass is 32.2. The van der Waals surface area contributed by atoms with E-state index in [0.29, 0.717) is 24.3 Å². The van der Waals surface area contributed by atoms with E-state index in [0.717, 1.165) is 51.2 Å². The number of sulfonamides is 1. The molecule has 1 amide bonds. The lowest BCUT2D eigenvalue weighted by molar-refractivity contribution is 0.102. The number of nitrogens with zero attached hydrogens (tertiary/aromatic N) is 2. The summed E-state index contributed by atoms with van der Waals surface area (Å²) in [5.74, 6) is 0.545. The second kappa shape index (κ2) is 12.2. The molecule has 6 nitrogen and oxygen atoms in total. The van der Waals surface area contributed by atoms with E-state index < -0.39 is 10.0 Å². The summed E-state index contributed by atoms with van der Waals surface area (Å²) in [6.07, 6.45) is 6.47. The van der Waals surface area contributed by atoms with Crippen LogP contribution in [0.25, 0.3) is 0 Å². The van der Waals surface area contributed by atoms with Crippen LogP contribution < -0.4 is 5.32 Å². The van der Waals surface area contributed by atoms with Gasteiger partial charge in [-0.05, 0) is 98.6 Å². The molecule has 0 aromatic heterocycles. The van der Waals surface area contributed by atoms with Gasteiger partial charge in [-0.3, -0.25) is 9.69 Å². The molecule has 3 aromatic rings. The summed E-state index contributed by atoms with van der Waals surface area (Å²) < 4.78 is 27.2. The molecule has 5 rings (SSSR count). The Morgan fingerprint density at radius 1 is 0.763 bits per heavy atom. The van der Waals surface area contributed by atoms with Crippen molar-refractivity contribution in [3.63, 3.8) is 0 Å². The minimum atomic E-state index is -3.48. The monoisotopic (exact) mass is 531 g/mol. The molecule has 1 N–H and O–H groups in total. The summed E-state index contributed by atoms with van der Waals surface area (Å²) in [6.45, 7) is 4.24. The quantitative estimate of drug-likeness (QED) is 0.413. The van der Waals surface area contributed by atoms with Crippen molar-refractivity contribution in [2.45, 2.75) is 50.0 Å². The molecule has 3 aromatic carbocycles. The summed E-state index contributed by atoms with van der Waals surface area (Å²) in [5, 5.41) is 2.88. The Kier molecular flexibility index (Phi) is 8.57. The molecule has 0 bridgehead atoms. The molecular weight excluding hydrogens is 494 g/mol. The van der Waals surface area contributed by atoms with Crippen LogP contribution in [0, 0.1) is 5.92 Å². The van der Waals surface area contributed by atoms with Gasteiger partial charge in [0.1, 0.15) is 0 Å². The van der Waals surface area contributed by atoms with Crippen LogP contribution in [0.15, 0.2) is 83.8 Å². The Balaban J connectivity index is 1.10. The lowest BCUT2D eigenvalue weighted by Gasteiger charge is -2.32. The number of carbonyl (C=O) groups is 1. The predicted molar refractivity (Wildman–Crippen MR) is 152 cm³/mol. The molecule has 2 aliphatic heterocycles. The van der Waals surface area contributed by atoms with E-state index in [1.54, 1.807) is 28.6 Å². The van der Waals surface area contributed by atoms with Crippen LogP contribution in [-0.4, -0.2) is 49.7 Å². The van der Waals surface area contributed by atoms with Gasteiger partial charge in [-0.25, -0.2) is 8.42 Å². The minimum absolute atomic E-state index is 0.204. The Labute approximate surface area is 226 Å². The average Bonchev–Trinajstić information content (AvgIpc) is 2.96. The molecule has 2 saturated heterocycles. The highest BCUT2D eigenvalue weighted by molar-refractivity contribution is 7.89. The van der Waals surface area contributed by atoms with E-state index in [4.69, 9.17) is 0 Å². The third-order valence-electron chi connectivity index (χ3n) is 7.76. The Bertz CT molecular complexity index is 1290. The summed E-state index contributed by atoms with van der Waals surface area (Å²) in [5.41, 5.74) is 3.80. The van der Waals surface area contributed by atoms with E-state index in [2.05, 4.69) is 40.5 Å². The number of piperidine rings is 2. The molecule has 0 unspecified atom stereocenters. The minimum Gasteiger partial charge on any atom is -0.322 e. The van der Waals surface area contributed by atoms with Gasteiger partial charge in [0.05, 0.1) is 4.90 Å². The molecule has 2 heterocycles. The molecule has 0 aliphatic carbocycles. The molecule has 2 aliphatic rings. The first-order valence-electron chi connectivity index (χ1n) is 13.7. The van der Waals surface area contributed by atoms with Crippen molar-refractivity contribution in [2.24, 2.45) is 5.92 Å². The molecule has 200 valence electrons. The number of likely N-dealkylation sites (tertiary alicyclic amines) is 1. The van der Waals surface area contributed by atoms with Crippen molar-refractivity contribution in [1.82, 2.24) is 9.21 Å². The first kappa shape index (κ1) is 26.6. The normalized spacial score (nSPS) is 17.8. The molecule has 7 heteroatoms. The zero-order chi connectivity index (χ0) is 26.4. The molecule has 0 atom stereocenters. The Hall–Kier alpha value is -3.00. The van der Waals surface area contributed by atoms with E-state index in [-0.39, 0.29) is 10.8 Å². The summed E-state index contributed by atoms with van der Waals surface area (Å²) in [4.78, 5) is 15.5. The number of amides is 1. The molecule has 0 spiro atoms. The Morgan fingerprint density at radius 3 is 2.08 bits per heavy atom. The third kappa shape index (κ3) is 6.70. The first-order chi connectivity index (χ1) is 18.5. The fraction of sp³-hybridized carbons (Fsp3) is 0.387. The molecular formula is C31H37N3O3S. The SMILES string of the molecule is O=C(Nc1ccc(S(=O)(=O)N2CCCCC2)cc1)c1ccc(CN2CCC(Cc3ccccc3)CC2)cc1. The van der Waals surface area contributed by atoms with Crippen LogP contribution in [-0.2, 0) is 23.0 Å². The number of carbonyl (C=O) groups excluding carboxylic acids is 1. The van der Waals surface area contributed by atoms with E-state index >= 15 is 0 Å². The summed E-state index contributed by atoms with van der Waals surface area (Å²) in [6, 6.07) is 25.0. The summed E-state index contributed by atoms with van der Waals surface area (Å²) >= 11 is 0. The average molecular weight is 532 g/mol. The van der Waals surface area contributed by atoms with Crippen molar-refractivity contribution >= 4 is 21.6 Å². The number of benzene rings is 3. The number of nitrogens with one attached hydrogen (secondary N) is 1. The van der Waals surface area contributed by atoms with Gasteiger partial charge in [0.2, 0.25) is 10.0 Å². The van der Waals surface area contributed by atoms with Crippen molar-refractivity contribution in [3.05, 3.63) is 95.6 Å². The largest absolute Gasteiger partial charge is 0.322 e. The maximum atomic E-state index is 12.8. The van der Waals surface area contributed by atoms with Crippen LogP contribution in [0.3, 0.4) is 0 Å². The zero-order valence-corrected chi connectivity index (χ0v) is 22.7. The van der Waals surface area contributed by atoms with E-state index in [1.807, 2.05) is 24.3 Å². The van der Waals surface area contributed by atoms with Crippen LogP contribution in [0.4, 0.5) is 5.69 Å².